The van der Waals surface area contributed by atoms with Crippen molar-refractivity contribution in [2.45, 2.75) is 37.1 Å². The summed E-state index contributed by atoms with van der Waals surface area (Å²) in [6.45, 7) is 0.724. The first-order valence-corrected chi connectivity index (χ1v) is 7.91. The van der Waals surface area contributed by atoms with E-state index < -0.39 is 0 Å². The van der Waals surface area contributed by atoms with Gasteiger partial charge in [0, 0.05) is 30.1 Å². The van der Waals surface area contributed by atoms with Crippen molar-refractivity contribution in [3.8, 4) is 11.5 Å². The number of nitrogens with zero attached hydrogens (tertiary/aromatic N) is 1. The van der Waals surface area contributed by atoms with Crippen LogP contribution in [-0.4, -0.2) is 36.8 Å². The molecule has 0 aliphatic heterocycles. The summed E-state index contributed by atoms with van der Waals surface area (Å²) >= 11 is 1.95. The Morgan fingerprint density at radius 2 is 2.21 bits per heavy atom. The minimum absolute atomic E-state index is 0.577. The molecule has 1 N–H and O–H groups in total. The van der Waals surface area contributed by atoms with Crippen LogP contribution in [0.1, 0.15) is 25.0 Å². The maximum Gasteiger partial charge on any atom is 0.183 e. The minimum Gasteiger partial charge on any atom is -0.493 e. The Morgan fingerprint density at radius 3 is 2.89 bits per heavy atom. The third kappa shape index (κ3) is 3.34. The molecule has 2 unspecified atom stereocenters. The standard InChI is InChI=1S/C14H22N2O2S/c1-17-12-7-8-15-11(14(12)18-2)9-16-10-5-4-6-13(10)19-3/h7-8,10,13,16H,4-6,9H2,1-3H3. The fourth-order valence-electron chi connectivity index (χ4n) is 2.65. The van der Waals surface area contributed by atoms with E-state index in [2.05, 4.69) is 16.6 Å². The molecule has 0 aromatic carbocycles. The van der Waals surface area contributed by atoms with E-state index in [1.54, 1.807) is 20.4 Å². The number of hydrogen-bond donors (Lipinski definition) is 1. The highest BCUT2D eigenvalue weighted by Gasteiger charge is 2.26. The highest BCUT2D eigenvalue weighted by Crippen LogP contribution is 2.31. The Morgan fingerprint density at radius 1 is 1.37 bits per heavy atom. The molecule has 1 fully saturated rings. The van der Waals surface area contributed by atoms with E-state index in [4.69, 9.17) is 9.47 Å². The molecule has 1 aliphatic carbocycles. The van der Waals surface area contributed by atoms with Gasteiger partial charge in [-0.1, -0.05) is 6.42 Å². The normalized spacial score (nSPS) is 22.5. The van der Waals surface area contributed by atoms with E-state index in [1.807, 2.05) is 17.8 Å². The Bertz CT molecular complexity index is 414. The van der Waals surface area contributed by atoms with Gasteiger partial charge in [-0.3, -0.25) is 4.98 Å². The Hall–Kier alpha value is -0.940. The molecule has 2 atom stereocenters. The number of rotatable bonds is 6. The summed E-state index contributed by atoms with van der Waals surface area (Å²) in [4.78, 5) is 4.40. The molecule has 5 heteroatoms. The van der Waals surface area contributed by atoms with Crippen molar-refractivity contribution >= 4 is 11.8 Å². The lowest BCUT2D eigenvalue weighted by atomic mass is 10.2. The quantitative estimate of drug-likeness (QED) is 0.868. The largest absolute Gasteiger partial charge is 0.493 e. The average Bonchev–Trinajstić information content (AvgIpc) is 2.91. The van der Waals surface area contributed by atoms with Gasteiger partial charge in [0.25, 0.3) is 0 Å². The van der Waals surface area contributed by atoms with E-state index >= 15 is 0 Å². The van der Waals surface area contributed by atoms with Crippen LogP contribution in [-0.2, 0) is 6.54 Å². The molecule has 1 aliphatic rings. The zero-order chi connectivity index (χ0) is 13.7. The number of thioether (sulfide) groups is 1. The first-order chi connectivity index (χ1) is 9.30. The van der Waals surface area contributed by atoms with Crippen molar-refractivity contribution in [2.24, 2.45) is 0 Å². The number of pyridine rings is 1. The number of hydrogen-bond acceptors (Lipinski definition) is 5. The van der Waals surface area contributed by atoms with Crippen LogP contribution in [0.5, 0.6) is 11.5 Å². The number of nitrogens with one attached hydrogen (secondary N) is 1. The van der Waals surface area contributed by atoms with Crippen LogP contribution in [0.4, 0.5) is 0 Å². The van der Waals surface area contributed by atoms with Crippen molar-refractivity contribution in [2.75, 3.05) is 20.5 Å². The topological polar surface area (TPSA) is 43.4 Å². The summed E-state index contributed by atoms with van der Waals surface area (Å²) in [5.74, 6) is 1.47. The Balaban J connectivity index is 2.03. The number of methoxy groups -OCH3 is 2. The second kappa shape index (κ2) is 7.01. The van der Waals surface area contributed by atoms with E-state index in [0.29, 0.717) is 6.04 Å². The molecule has 0 saturated heterocycles. The Kier molecular flexibility index (Phi) is 5.34. The van der Waals surface area contributed by atoms with Gasteiger partial charge in [0.15, 0.2) is 11.5 Å². The molecule has 0 radical (unpaired) electrons. The second-order valence-electron chi connectivity index (χ2n) is 4.69. The molecule has 4 nitrogen and oxygen atoms in total. The molecule has 19 heavy (non-hydrogen) atoms. The zero-order valence-electron chi connectivity index (χ0n) is 11.8. The van der Waals surface area contributed by atoms with Crippen molar-refractivity contribution < 1.29 is 9.47 Å². The van der Waals surface area contributed by atoms with Crippen LogP contribution in [0.3, 0.4) is 0 Å². The maximum absolute atomic E-state index is 5.40. The van der Waals surface area contributed by atoms with E-state index in [0.717, 1.165) is 29.0 Å². The number of ether oxygens (including phenoxy) is 2. The van der Waals surface area contributed by atoms with Crippen LogP contribution in [0, 0.1) is 0 Å². The van der Waals surface area contributed by atoms with Gasteiger partial charge in [-0.15, -0.1) is 0 Å². The molecule has 0 spiro atoms. The fraction of sp³-hybridized carbons (Fsp3) is 0.643. The van der Waals surface area contributed by atoms with Gasteiger partial charge in [0.2, 0.25) is 0 Å². The third-order valence-corrected chi connectivity index (χ3v) is 4.82. The van der Waals surface area contributed by atoms with Gasteiger partial charge in [-0.2, -0.15) is 11.8 Å². The third-order valence-electron chi connectivity index (χ3n) is 3.65. The summed E-state index contributed by atoms with van der Waals surface area (Å²) in [7, 11) is 3.30. The average molecular weight is 282 g/mol. The highest BCUT2D eigenvalue weighted by atomic mass is 32.2. The monoisotopic (exact) mass is 282 g/mol. The first kappa shape index (κ1) is 14.5. The lowest BCUT2D eigenvalue weighted by Crippen LogP contribution is -2.33. The van der Waals surface area contributed by atoms with Crippen LogP contribution in [0.15, 0.2) is 12.3 Å². The molecular weight excluding hydrogens is 260 g/mol. The van der Waals surface area contributed by atoms with E-state index in [1.165, 1.54) is 19.3 Å². The first-order valence-electron chi connectivity index (χ1n) is 6.62. The molecule has 1 saturated carbocycles. The van der Waals surface area contributed by atoms with Crippen molar-refractivity contribution in [3.05, 3.63) is 18.0 Å². The van der Waals surface area contributed by atoms with Crippen LogP contribution >= 0.6 is 11.8 Å². The molecule has 2 rings (SSSR count). The van der Waals surface area contributed by atoms with Gasteiger partial charge in [0.1, 0.15) is 0 Å². The van der Waals surface area contributed by atoms with Gasteiger partial charge in [-0.05, 0) is 19.1 Å². The van der Waals surface area contributed by atoms with Crippen LogP contribution in [0.25, 0.3) is 0 Å². The fourth-order valence-corrected chi connectivity index (χ4v) is 3.61. The summed E-state index contributed by atoms with van der Waals surface area (Å²) in [6, 6.07) is 2.40. The van der Waals surface area contributed by atoms with E-state index in [9.17, 15) is 0 Å². The SMILES string of the molecule is COc1ccnc(CNC2CCCC2SC)c1OC. The van der Waals surface area contributed by atoms with Gasteiger partial charge >= 0.3 is 0 Å². The predicted octanol–water partition coefficient (Wildman–Crippen LogP) is 2.47. The summed E-state index contributed by atoms with van der Waals surface area (Å²) in [6.07, 6.45) is 7.82. The molecule has 1 heterocycles. The summed E-state index contributed by atoms with van der Waals surface area (Å²) < 4.78 is 10.7. The predicted molar refractivity (Wildman–Crippen MR) is 79.1 cm³/mol. The van der Waals surface area contributed by atoms with Crippen molar-refractivity contribution in [1.29, 1.82) is 0 Å². The maximum atomic E-state index is 5.40. The minimum atomic E-state index is 0.577. The highest BCUT2D eigenvalue weighted by molar-refractivity contribution is 7.99. The second-order valence-corrected chi connectivity index (χ2v) is 5.76. The molecule has 0 bridgehead atoms. The van der Waals surface area contributed by atoms with Gasteiger partial charge < -0.3 is 14.8 Å². The summed E-state index contributed by atoms with van der Waals surface area (Å²) in [5, 5.41) is 4.33. The molecule has 0 amide bonds. The smallest absolute Gasteiger partial charge is 0.183 e. The summed E-state index contributed by atoms with van der Waals surface area (Å²) in [5.41, 5.74) is 0.911. The molecular formula is C14H22N2O2S. The lowest BCUT2D eigenvalue weighted by molar-refractivity contribution is 0.347. The lowest BCUT2D eigenvalue weighted by Gasteiger charge is -2.20. The van der Waals surface area contributed by atoms with Crippen molar-refractivity contribution in [1.82, 2.24) is 10.3 Å². The molecule has 106 valence electrons. The van der Waals surface area contributed by atoms with E-state index in [-0.39, 0.29) is 0 Å². The molecule has 1 aromatic heterocycles. The zero-order valence-corrected chi connectivity index (χ0v) is 12.6. The van der Waals surface area contributed by atoms with Crippen LogP contribution in [0.2, 0.25) is 0 Å². The number of aromatic nitrogens is 1. The van der Waals surface area contributed by atoms with Gasteiger partial charge in [-0.25, -0.2) is 0 Å². The molecule has 1 aromatic rings. The Labute approximate surface area is 119 Å². The van der Waals surface area contributed by atoms with Crippen molar-refractivity contribution in [3.63, 3.8) is 0 Å². The van der Waals surface area contributed by atoms with Crippen LogP contribution < -0.4 is 14.8 Å². The van der Waals surface area contributed by atoms with Gasteiger partial charge in [0.05, 0.1) is 19.9 Å².